The van der Waals surface area contributed by atoms with Gasteiger partial charge in [0.2, 0.25) is 5.91 Å². The molecule has 0 saturated carbocycles. The summed E-state index contributed by atoms with van der Waals surface area (Å²) in [7, 11) is 0. The Morgan fingerprint density at radius 1 is 0.571 bits per heavy atom. The molecule has 0 fully saturated rings. The maximum Gasteiger partial charge on any atom is 0.220 e. The summed E-state index contributed by atoms with van der Waals surface area (Å²) in [6, 6.07) is -0.644. The lowest BCUT2D eigenvalue weighted by molar-refractivity contribution is -0.123. The van der Waals surface area contributed by atoms with E-state index in [0.29, 0.717) is 6.42 Å². The largest absolute Gasteiger partial charge is 0.394 e. The van der Waals surface area contributed by atoms with E-state index >= 15 is 0 Å². The predicted octanol–water partition coefficient (Wildman–Crippen LogP) is 10.5. The van der Waals surface area contributed by atoms with E-state index in [2.05, 4.69) is 55.6 Å². The summed E-state index contributed by atoms with van der Waals surface area (Å²) in [5.74, 6) is -0.0910. The van der Waals surface area contributed by atoms with Crippen LogP contribution in [0.4, 0.5) is 0 Å². The van der Waals surface area contributed by atoms with Crippen LogP contribution in [0.2, 0.25) is 0 Å². The summed E-state index contributed by atoms with van der Waals surface area (Å²) >= 11 is 0. The second-order valence-electron chi connectivity index (χ2n) is 11.9. The Morgan fingerprint density at radius 2 is 1.00 bits per heavy atom. The van der Waals surface area contributed by atoms with Gasteiger partial charge in [0.15, 0.2) is 0 Å². The van der Waals surface area contributed by atoms with E-state index in [1.165, 1.54) is 96.3 Å². The summed E-state index contributed by atoms with van der Waals surface area (Å²) in [4.78, 5) is 12.3. The maximum atomic E-state index is 12.3. The van der Waals surface area contributed by atoms with Crippen molar-refractivity contribution in [3.8, 4) is 0 Å². The fourth-order valence-corrected chi connectivity index (χ4v) is 4.99. The van der Waals surface area contributed by atoms with Crippen molar-refractivity contribution < 1.29 is 15.0 Å². The van der Waals surface area contributed by atoms with Crippen molar-refractivity contribution in [2.75, 3.05) is 6.61 Å². The van der Waals surface area contributed by atoms with Crippen molar-refractivity contribution in [1.29, 1.82) is 0 Å². The van der Waals surface area contributed by atoms with Crippen LogP contribution in [0.5, 0.6) is 0 Å². The minimum absolute atomic E-state index is 0.0910. The Balaban J connectivity index is 3.73. The highest BCUT2D eigenvalue weighted by atomic mass is 16.3. The van der Waals surface area contributed by atoms with Gasteiger partial charge in [-0.25, -0.2) is 0 Å². The molecule has 0 aromatic heterocycles. The molecule has 4 heteroatoms. The molecule has 0 aliphatic carbocycles. The number of aliphatic hydroxyl groups is 2. The van der Waals surface area contributed by atoms with Gasteiger partial charge < -0.3 is 15.5 Å². The smallest absolute Gasteiger partial charge is 0.220 e. The zero-order valence-electron chi connectivity index (χ0n) is 27.8. The van der Waals surface area contributed by atoms with E-state index < -0.39 is 12.1 Å². The van der Waals surface area contributed by atoms with Crippen LogP contribution < -0.4 is 5.32 Å². The molecule has 0 aromatic carbocycles. The Morgan fingerprint density at radius 3 is 1.55 bits per heavy atom. The fraction of sp³-hybridized carbons (Fsp3) is 0.763. The first-order chi connectivity index (χ1) is 20.7. The molecule has 0 aliphatic rings. The van der Waals surface area contributed by atoms with Gasteiger partial charge >= 0.3 is 0 Å². The molecule has 0 bridgehead atoms. The SMILES string of the molecule is CCCCCC/C=C\C/C=C\CCCCCCCC(=O)NC(CO)C(O)/C=C/CC/C=C/CCCCCCCCCC. The van der Waals surface area contributed by atoms with E-state index in [1.54, 1.807) is 6.08 Å². The van der Waals surface area contributed by atoms with E-state index in [1.807, 2.05) is 6.08 Å². The highest BCUT2D eigenvalue weighted by molar-refractivity contribution is 5.76. The lowest BCUT2D eigenvalue weighted by Gasteiger charge is -2.19. The van der Waals surface area contributed by atoms with Gasteiger partial charge in [0.05, 0.1) is 18.8 Å². The fourth-order valence-electron chi connectivity index (χ4n) is 4.99. The number of nitrogens with one attached hydrogen (secondary N) is 1. The molecule has 0 radical (unpaired) electrons. The number of carbonyl (C=O) groups is 1. The molecular formula is C38H69NO3. The minimum Gasteiger partial charge on any atom is -0.394 e. The Labute approximate surface area is 261 Å². The van der Waals surface area contributed by atoms with Gasteiger partial charge in [-0.2, -0.15) is 0 Å². The molecule has 244 valence electrons. The first-order valence-corrected chi connectivity index (χ1v) is 17.9. The number of allylic oxidation sites excluding steroid dienone is 7. The van der Waals surface area contributed by atoms with Crippen molar-refractivity contribution in [2.45, 2.75) is 180 Å². The summed E-state index contributed by atoms with van der Waals surface area (Å²) in [6.07, 6.45) is 44.7. The second kappa shape index (κ2) is 33.8. The molecule has 0 saturated heterocycles. The molecule has 1 amide bonds. The summed E-state index contributed by atoms with van der Waals surface area (Å²) in [6.45, 7) is 4.24. The van der Waals surface area contributed by atoms with Gasteiger partial charge in [-0.1, -0.05) is 146 Å². The standard InChI is InChI=1S/C38H69NO3/c1-3-5-7-9-11-13-15-17-19-20-22-24-26-28-30-32-34-38(42)39-36(35-40)37(41)33-31-29-27-25-23-21-18-16-14-12-10-8-6-4-2/h13,15,19-20,23,25,31,33,36-37,40-41H,3-12,14,16-18,21-22,24,26-30,32,34-35H2,1-2H3,(H,39,42)/b15-13-,20-19-,25-23+,33-31+. The van der Waals surface area contributed by atoms with Crippen LogP contribution in [0.3, 0.4) is 0 Å². The third-order valence-corrected chi connectivity index (χ3v) is 7.78. The quantitative estimate of drug-likeness (QED) is 0.0558. The molecule has 0 heterocycles. The van der Waals surface area contributed by atoms with Crippen LogP contribution in [0.15, 0.2) is 48.6 Å². The lowest BCUT2D eigenvalue weighted by Crippen LogP contribution is -2.45. The maximum absolute atomic E-state index is 12.3. The van der Waals surface area contributed by atoms with Crippen LogP contribution >= 0.6 is 0 Å². The molecule has 42 heavy (non-hydrogen) atoms. The van der Waals surface area contributed by atoms with E-state index in [9.17, 15) is 15.0 Å². The zero-order chi connectivity index (χ0) is 30.8. The minimum atomic E-state index is -0.866. The van der Waals surface area contributed by atoms with E-state index in [4.69, 9.17) is 0 Å². The lowest BCUT2D eigenvalue weighted by atomic mass is 10.1. The Hall–Kier alpha value is -1.65. The first-order valence-electron chi connectivity index (χ1n) is 17.9. The summed E-state index contributed by atoms with van der Waals surface area (Å²) in [5.41, 5.74) is 0. The number of rotatable bonds is 31. The van der Waals surface area contributed by atoms with Crippen LogP contribution in [0.1, 0.15) is 168 Å². The molecule has 2 atom stereocenters. The van der Waals surface area contributed by atoms with Gasteiger partial charge in [-0.15, -0.1) is 0 Å². The third kappa shape index (κ3) is 29.8. The Bertz CT molecular complexity index is 682. The number of unbranched alkanes of at least 4 members (excludes halogenated alkanes) is 18. The summed E-state index contributed by atoms with van der Waals surface area (Å²) < 4.78 is 0. The van der Waals surface area contributed by atoms with Crippen LogP contribution in [0, 0.1) is 0 Å². The molecule has 2 unspecified atom stereocenters. The van der Waals surface area contributed by atoms with Gasteiger partial charge in [0, 0.05) is 6.42 Å². The normalized spacial score (nSPS) is 13.7. The van der Waals surface area contributed by atoms with E-state index in [0.717, 1.165) is 51.4 Å². The highest BCUT2D eigenvalue weighted by Crippen LogP contribution is 2.11. The first kappa shape index (κ1) is 40.4. The van der Waals surface area contributed by atoms with Crippen LogP contribution in [-0.2, 0) is 4.79 Å². The van der Waals surface area contributed by atoms with Crippen molar-refractivity contribution in [3.63, 3.8) is 0 Å². The van der Waals surface area contributed by atoms with Gasteiger partial charge in [-0.05, 0) is 64.2 Å². The molecule has 0 aliphatic heterocycles. The zero-order valence-corrected chi connectivity index (χ0v) is 27.8. The number of amides is 1. The van der Waals surface area contributed by atoms with Crippen molar-refractivity contribution in [3.05, 3.63) is 48.6 Å². The van der Waals surface area contributed by atoms with Crippen molar-refractivity contribution in [2.24, 2.45) is 0 Å². The second-order valence-corrected chi connectivity index (χ2v) is 11.9. The van der Waals surface area contributed by atoms with Crippen molar-refractivity contribution >= 4 is 5.91 Å². The summed E-state index contributed by atoms with van der Waals surface area (Å²) in [5, 5.41) is 22.8. The monoisotopic (exact) mass is 588 g/mol. The number of carbonyl (C=O) groups excluding carboxylic acids is 1. The Kier molecular flexibility index (Phi) is 32.5. The average Bonchev–Trinajstić information content (AvgIpc) is 2.99. The molecule has 4 nitrogen and oxygen atoms in total. The van der Waals surface area contributed by atoms with Crippen molar-refractivity contribution in [1.82, 2.24) is 5.32 Å². The average molecular weight is 588 g/mol. The molecule has 3 N–H and O–H groups in total. The predicted molar refractivity (Wildman–Crippen MR) is 184 cm³/mol. The molecule has 0 rings (SSSR count). The highest BCUT2D eigenvalue weighted by Gasteiger charge is 2.17. The van der Waals surface area contributed by atoms with Gasteiger partial charge in [0.1, 0.15) is 0 Å². The van der Waals surface area contributed by atoms with E-state index in [-0.39, 0.29) is 12.5 Å². The topological polar surface area (TPSA) is 69.6 Å². The number of hydrogen-bond donors (Lipinski definition) is 3. The third-order valence-electron chi connectivity index (χ3n) is 7.78. The number of hydrogen-bond acceptors (Lipinski definition) is 3. The van der Waals surface area contributed by atoms with Crippen LogP contribution in [0.25, 0.3) is 0 Å². The van der Waals surface area contributed by atoms with Gasteiger partial charge in [0.25, 0.3) is 0 Å². The van der Waals surface area contributed by atoms with Crippen LogP contribution in [-0.4, -0.2) is 34.9 Å². The number of aliphatic hydroxyl groups excluding tert-OH is 2. The molecular weight excluding hydrogens is 518 g/mol. The van der Waals surface area contributed by atoms with Gasteiger partial charge in [-0.3, -0.25) is 4.79 Å². The molecule has 0 spiro atoms. The molecule has 0 aromatic rings.